The second-order valence-corrected chi connectivity index (χ2v) is 6.35. The average molecular weight is 294 g/mol. The van der Waals surface area contributed by atoms with Crippen LogP contribution in [0.5, 0.6) is 11.5 Å². The van der Waals surface area contributed by atoms with Crippen molar-refractivity contribution >= 4 is 10.0 Å². The van der Waals surface area contributed by atoms with Crippen molar-refractivity contribution < 1.29 is 17.9 Å². The van der Waals surface area contributed by atoms with Gasteiger partial charge in [0.2, 0.25) is 0 Å². The van der Waals surface area contributed by atoms with Crippen LogP contribution in [-0.4, -0.2) is 30.8 Å². The number of fused-ring (bicyclic) bond motifs is 1. The summed E-state index contributed by atoms with van der Waals surface area (Å²) in [6.07, 6.45) is 0. The van der Waals surface area contributed by atoms with E-state index in [1.807, 2.05) is 0 Å². The molecule has 1 aromatic heterocycles. The van der Waals surface area contributed by atoms with Crippen molar-refractivity contribution in [1.29, 1.82) is 0 Å². The predicted molar refractivity (Wildman–Crippen MR) is 71.7 cm³/mol. The molecule has 0 aliphatic carbocycles. The number of hydrogen-bond donors (Lipinski definition) is 0. The summed E-state index contributed by atoms with van der Waals surface area (Å²) in [5.74, 6) is 1.00. The maximum Gasteiger partial charge on any atom is 0.283 e. The SMILES string of the molecule is Cc1cc(C)n(S(=O)(=O)c2ccc3c(c2)OCCO3)n1. The van der Waals surface area contributed by atoms with Crippen molar-refractivity contribution in [1.82, 2.24) is 9.19 Å². The molecule has 0 amide bonds. The lowest BCUT2D eigenvalue weighted by Crippen LogP contribution is -2.18. The van der Waals surface area contributed by atoms with Crippen LogP contribution in [0.3, 0.4) is 0 Å². The molecule has 20 heavy (non-hydrogen) atoms. The first-order valence-electron chi connectivity index (χ1n) is 6.17. The fourth-order valence-corrected chi connectivity index (χ4v) is 3.50. The van der Waals surface area contributed by atoms with Crippen LogP contribution in [0.4, 0.5) is 0 Å². The van der Waals surface area contributed by atoms with Crippen molar-refractivity contribution in [2.75, 3.05) is 13.2 Å². The predicted octanol–water partition coefficient (Wildman–Crippen LogP) is 1.51. The number of nitrogens with zero attached hydrogens (tertiary/aromatic N) is 2. The molecule has 7 heteroatoms. The average Bonchev–Trinajstić information content (AvgIpc) is 2.78. The molecular weight excluding hydrogens is 280 g/mol. The first-order valence-corrected chi connectivity index (χ1v) is 7.61. The molecule has 0 bridgehead atoms. The van der Waals surface area contributed by atoms with E-state index in [9.17, 15) is 8.42 Å². The normalized spacial score (nSPS) is 14.3. The highest BCUT2D eigenvalue weighted by molar-refractivity contribution is 7.89. The van der Waals surface area contributed by atoms with Gasteiger partial charge in [0.25, 0.3) is 10.0 Å². The van der Waals surface area contributed by atoms with Crippen LogP contribution in [-0.2, 0) is 10.0 Å². The largest absolute Gasteiger partial charge is 0.486 e. The van der Waals surface area contributed by atoms with Gasteiger partial charge in [0.15, 0.2) is 11.5 Å². The van der Waals surface area contributed by atoms with E-state index in [1.165, 1.54) is 12.1 Å². The van der Waals surface area contributed by atoms with Crippen molar-refractivity contribution in [2.24, 2.45) is 0 Å². The summed E-state index contributed by atoms with van der Waals surface area (Å²) in [6.45, 7) is 4.34. The fraction of sp³-hybridized carbons (Fsp3) is 0.308. The third kappa shape index (κ3) is 2.03. The highest BCUT2D eigenvalue weighted by Gasteiger charge is 2.23. The first-order chi connectivity index (χ1) is 9.48. The molecule has 2 heterocycles. The summed E-state index contributed by atoms with van der Waals surface area (Å²) >= 11 is 0. The summed E-state index contributed by atoms with van der Waals surface area (Å²) in [5.41, 5.74) is 1.22. The van der Waals surface area contributed by atoms with Crippen molar-refractivity contribution in [3.05, 3.63) is 35.7 Å². The van der Waals surface area contributed by atoms with Gasteiger partial charge in [-0.25, -0.2) is 0 Å². The minimum absolute atomic E-state index is 0.132. The number of hydrogen-bond acceptors (Lipinski definition) is 5. The molecule has 0 saturated heterocycles. The van der Waals surface area contributed by atoms with E-state index in [0.29, 0.717) is 36.1 Å². The molecule has 0 fully saturated rings. The lowest BCUT2D eigenvalue weighted by molar-refractivity contribution is 0.171. The summed E-state index contributed by atoms with van der Waals surface area (Å²) in [7, 11) is -3.71. The highest BCUT2D eigenvalue weighted by Crippen LogP contribution is 2.32. The molecule has 0 atom stereocenters. The van der Waals surface area contributed by atoms with Gasteiger partial charge >= 0.3 is 0 Å². The van der Waals surface area contributed by atoms with Crippen LogP contribution < -0.4 is 9.47 Å². The fourth-order valence-electron chi connectivity index (χ4n) is 2.14. The Morgan fingerprint density at radius 2 is 1.80 bits per heavy atom. The number of rotatable bonds is 2. The van der Waals surface area contributed by atoms with Gasteiger partial charge in [-0.1, -0.05) is 0 Å². The summed E-state index contributed by atoms with van der Waals surface area (Å²) < 4.78 is 36.9. The van der Waals surface area contributed by atoms with E-state index in [4.69, 9.17) is 9.47 Å². The Morgan fingerprint density at radius 1 is 1.10 bits per heavy atom. The van der Waals surface area contributed by atoms with Crippen molar-refractivity contribution in [3.8, 4) is 11.5 Å². The van der Waals surface area contributed by atoms with E-state index in [1.54, 1.807) is 26.0 Å². The third-order valence-electron chi connectivity index (χ3n) is 3.01. The van der Waals surface area contributed by atoms with Crippen LogP contribution in [0.25, 0.3) is 0 Å². The third-order valence-corrected chi connectivity index (χ3v) is 4.68. The second-order valence-electron chi connectivity index (χ2n) is 4.58. The molecule has 0 saturated carbocycles. The van der Waals surface area contributed by atoms with Gasteiger partial charge in [-0.3, -0.25) is 0 Å². The zero-order valence-electron chi connectivity index (χ0n) is 11.2. The molecule has 6 nitrogen and oxygen atoms in total. The van der Waals surface area contributed by atoms with E-state index >= 15 is 0 Å². The Morgan fingerprint density at radius 3 is 2.45 bits per heavy atom. The number of ether oxygens (including phenoxy) is 2. The Balaban J connectivity index is 2.10. The van der Waals surface area contributed by atoms with Crippen LogP contribution >= 0.6 is 0 Å². The van der Waals surface area contributed by atoms with E-state index < -0.39 is 10.0 Å². The zero-order chi connectivity index (χ0) is 14.3. The maximum absolute atomic E-state index is 12.6. The van der Waals surface area contributed by atoms with E-state index in [2.05, 4.69) is 5.10 Å². The number of benzene rings is 1. The quantitative estimate of drug-likeness (QED) is 0.839. The Hall–Kier alpha value is -2.02. The topological polar surface area (TPSA) is 70.4 Å². The van der Waals surface area contributed by atoms with Crippen LogP contribution in [0.15, 0.2) is 29.2 Å². The maximum atomic E-state index is 12.6. The Kier molecular flexibility index (Phi) is 2.93. The number of aromatic nitrogens is 2. The Labute approximate surface area is 117 Å². The minimum atomic E-state index is -3.71. The molecule has 0 spiro atoms. The molecule has 1 aromatic carbocycles. The molecule has 0 radical (unpaired) electrons. The van der Waals surface area contributed by atoms with Crippen LogP contribution in [0.2, 0.25) is 0 Å². The van der Waals surface area contributed by atoms with Gasteiger partial charge in [-0.15, -0.1) is 0 Å². The van der Waals surface area contributed by atoms with Gasteiger partial charge in [-0.05, 0) is 32.0 Å². The van der Waals surface area contributed by atoms with E-state index in [-0.39, 0.29) is 4.90 Å². The van der Waals surface area contributed by atoms with Crippen LogP contribution in [0, 0.1) is 13.8 Å². The van der Waals surface area contributed by atoms with Crippen molar-refractivity contribution in [2.45, 2.75) is 18.7 Å². The molecule has 3 rings (SSSR count). The molecule has 0 N–H and O–H groups in total. The highest BCUT2D eigenvalue weighted by atomic mass is 32.2. The summed E-state index contributed by atoms with van der Waals surface area (Å²) in [6, 6.07) is 6.29. The van der Waals surface area contributed by atoms with Crippen molar-refractivity contribution in [3.63, 3.8) is 0 Å². The monoisotopic (exact) mass is 294 g/mol. The lowest BCUT2D eigenvalue weighted by atomic mass is 10.3. The molecule has 106 valence electrons. The van der Waals surface area contributed by atoms with Crippen LogP contribution in [0.1, 0.15) is 11.4 Å². The van der Waals surface area contributed by atoms with E-state index in [0.717, 1.165) is 4.09 Å². The summed E-state index contributed by atoms with van der Waals surface area (Å²) in [5, 5.41) is 4.03. The zero-order valence-corrected chi connectivity index (χ0v) is 12.0. The standard InChI is InChI=1S/C13H14N2O4S/c1-9-7-10(2)15(14-9)20(16,17)11-3-4-12-13(8-11)19-6-5-18-12/h3-4,7-8H,5-6H2,1-2H3. The second kappa shape index (κ2) is 4.52. The first kappa shape index (κ1) is 13.0. The smallest absolute Gasteiger partial charge is 0.283 e. The Bertz CT molecular complexity index is 765. The molecule has 0 unspecified atom stereocenters. The molecular formula is C13H14N2O4S. The van der Waals surface area contributed by atoms with Gasteiger partial charge < -0.3 is 9.47 Å². The van der Waals surface area contributed by atoms with Gasteiger partial charge in [0.1, 0.15) is 13.2 Å². The molecule has 1 aliphatic heterocycles. The van der Waals surface area contributed by atoms with Gasteiger partial charge in [0, 0.05) is 6.07 Å². The lowest BCUT2D eigenvalue weighted by Gasteiger charge is -2.18. The van der Waals surface area contributed by atoms with Gasteiger partial charge in [0.05, 0.1) is 16.3 Å². The summed E-state index contributed by atoms with van der Waals surface area (Å²) in [4.78, 5) is 0.132. The molecule has 1 aliphatic rings. The number of aryl methyl sites for hydroxylation is 2. The molecule has 2 aromatic rings. The van der Waals surface area contributed by atoms with Gasteiger partial charge in [-0.2, -0.15) is 17.6 Å². The minimum Gasteiger partial charge on any atom is -0.486 e.